The van der Waals surface area contributed by atoms with E-state index in [9.17, 15) is 4.79 Å². The highest BCUT2D eigenvalue weighted by Gasteiger charge is 2.13. The number of rotatable bonds is 2. The van der Waals surface area contributed by atoms with E-state index in [1.54, 1.807) is 6.20 Å². The number of anilines is 1. The number of fused-ring (bicyclic) bond motifs is 1. The highest BCUT2D eigenvalue weighted by molar-refractivity contribution is 5.99. The highest BCUT2D eigenvalue weighted by atomic mass is 16.1. The molecule has 6 nitrogen and oxygen atoms in total. The van der Waals surface area contributed by atoms with Crippen LogP contribution < -0.4 is 11.5 Å². The molecule has 0 aliphatic heterocycles. The van der Waals surface area contributed by atoms with Crippen LogP contribution in [0, 0.1) is 0 Å². The van der Waals surface area contributed by atoms with Crippen LogP contribution in [0.5, 0.6) is 0 Å². The van der Waals surface area contributed by atoms with E-state index in [0.717, 1.165) is 10.9 Å². The number of hydrogen-bond donors (Lipinski definition) is 2. The first-order valence-electron chi connectivity index (χ1n) is 5.92. The Labute approximate surface area is 114 Å². The van der Waals surface area contributed by atoms with Gasteiger partial charge in [0.05, 0.1) is 16.8 Å². The van der Waals surface area contributed by atoms with E-state index in [1.165, 1.54) is 6.20 Å². The zero-order chi connectivity index (χ0) is 14.1. The topological polar surface area (TPSA) is 108 Å². The third-order valence-electron chi connectivity index (χ3n) is 2.94. The number of aromatic nitrogens is 3. The maximum atomic E-state index is 11.5. The quantitative estimate of drug-likeness (QED) is 0.727. The van der Waals surface area contributed by atoms with Crippen molar-refractivity contribution in [1.82, 2.24) is 15.0 Å². The van der Waals surface area contributed by atoms with Gasteiger partial charge in [0.25, 0.3) is 5.91 Å². The Morgan fingerprint density at radius 2 is 1.90 bits per heavy atom. The van der Waals surface area contributed by atoms with Gasteiger partial charge in [0.1, 0.15) is 0 Å². The fourth-order valence-corrected chi connectivity index (χ4v) is 2.00. The molecule has 98 valence electrons. The van der Waals surface area contributed by atoms with Gasteiger partial charge in [-0.25, -0.2) is 9.97 Å². The molecule has 6 heteroatoms. The van der Waals surface area contributed by atoms with Crippen LogP contribution in [0.2, 0.25) is 0 Å². The van der Waals surface area contributed by atoms with Gasteiger partial charge in [0.2, 0.25) is 5.95 Å². The Morgan fingerprint density at radius 1 is 1.10 bits per heavy atom. The molecule has 4 N–H and O–H groups in total. The molecule has 2 aromatic heterocycles. The third kappa shape index (κ3) is 2.03. The second kappa shape index (κ2) is 4.58. The second-order valence-corrected chi connectivity index (χ2v) is 4.27. The van der Waals surface area contributed by atoms with Crippen molar-refractivity contribution in [3.05, 3.63) is 48.3 Å². The van der Waals surface area contributed by atoms with Gasteiger partial charge in [0.15, 0.2) is 0 Å². The van der Waals surface area contributed by atoms with Gasteiger partial charge in [-0.05, 0) is 12.1 Å². The number of nitrogens with zero attached hydrogens (tertiary/aromatic N) is 3. The molecule has 3 aromatic rings. The van der Waals surface area contributed by atoms with E-state index in [1.807, 2.05) is 30.3 Å². The van der Waals surface area contributed by atoms with Crippen LogP contribution in [0.3, 0.4) is 0 Å². The van der Waals surface area contributed by atoms with Crippen LogP contribution >= 0.6 is 0 Å². The molecule has 0 spiro atoms. The van der Waals surface area contributed by atoms with E-state index < -0.39 is 5.91 Å². The minimum atomic E-state index is -0.604. The van der Waals surface area contributed by atoms with Crippen molar-refractivity contribution in [3.8, 4) is 11.3 Å². The number of nitrogens with two attached hydrogens (primary N) is 2. The summed E-state index contributed by atoms with van der Waals surface area (Å²) in [4.78, 5) is 23.7. The minimum Gasteiger partial charge on any atom is -0.368 e. The summed E-state index contributed by atoms with van der Waals surface area (Å²) in [7, 11) is 0. The lowest BCUT2D eigenvalue weighted by atomic mass is 10.1. The molecule has 3 rings (SSSR count). The van der Waals surface area contributed by atoms with E-state index in [-0.39, 0.29) is 11.5 Å². The van der Waals surface area contributed by atoms with Crippen molar-refractivity contribution in [3.63, 3.8) is 0 Å². The Hall–Kier alpha value is -3.02. The van der Waals surface area contributed by atoms with Crippen molar-refractivity contribution in [2.45, 2.75) is 0 Å². The first-order chi connectivity index (χ1) is 9.65. The third-order valence-corrected chi connectivity index (χ3v) is 2.94. The summed E-state index contributed by atoms with van der Waals surface area (Å²) in [6.07, 6.45) is 2.96. The molecule has 2 heterocycles. The molecule has 0 bridgehead atoms. The monoisotopic (exact) mass is 265 g/mol. The molecule has 0 radical (unpaired) electrons. The lowest BCUT2D eigenvalue weighted by molar-refractivity contribution is 0.100. The fourth-order valence-electron chi connectivity index (χ4n) is 2.00. The number of amides is 1. The van der Waals surface area contributed by atoms with Gasteiger partial charge in [-0.2, -0.15) is 0 Å². The molecule has 0 atom stereocenters. The van der Waals surface area contributed by atoms with E-state index >= 15 is 0 Å². The lowest BCUT2D eigenvalue weighted by Gasteiger charge is -2.07. The molecule has 1 aromatic carbocycles. The van der Waals surface area contributed by atoms with Gasteiger partial charge in [-0.15, -0.1) is 0 Å². The molecule has 0 saturated carbocycles. The standard InChI is InChI=1S/C14H11N5O/c15-13(20)10-7-18-14(16)19-12(10)9-5-8-3-1-2-4-11(8)17-6-9/h1-7H,(H2,15,20)(H2,16,18,19). The predicted octanol–water partition coefficient (Wildman–Crippen LogP) is 1.37. The summed E-state index contributed by atoms with van der Waals surface area (Å²) in [6.45, 7) is 0. The van der Waals surface area contributed by atoms with E-state index in [4.69, 9.17) is 11.5 Å². The number of hydrogen-bond acceptors (Lipinski definition) is 5. The second-order valence-electron chi connectivity index (χ2n) is 4.27. The molecule has 0 fully saturated rings. The maximum Gasteiger partial charge on any atom is 0.252 e. The van der Waals surface area contributed by atoms with Crippen molar-refractivity contribution < 1.29 is 4.79 Å². The fraction of sp³-hybridized carbons (Fsp3) is 0. The number of pyridine rings is 1. The summed E-state index contributed by atoms with van der Waals surface area (Å²) in [5.74, 6) is -0.522. The zero-order valence-corrected chi connectivity index (χ0v) is 10.4. The van der Waals surface area contributed by atoms with Gasteiger partial charge in [-0.3, -0.25) is 9.78 Å². The minimum absolute atomic E-state index is 0.0816. The van der Waals surface area contributed by atoms with Crippen molar-refractivity contribution in [1.29, 1.82) is 0 Å². The Kier molecular flexibility index (Phi) is 2.76. The van der Waals surface area contributed by atoms with Gasteiger partial charge < -0.3 is 11.5 Å². The SMILES string of the molecule is NC(=O)c1cnc(N)nc1-c1cnc2ccccc2c1. The molecule has 20 heavy (non-hydrogen) atoms. The molecule has 0 aliphatic rings. The van der Waals surface area contributed by atoms with Crippen LogP contribution in [-0.2, 0) is 0 Å². The zero-order valence-electron chi connectivity index (χ0n) is 10.4. The van der Waals surface area contributed by atoms with Crippen LogP contribution in [0.25, 0.3) is 22.2 Å². The average Bonchev–Trinajstić information content (AvgIpc) is 2.46. The molecular formula is C14H11N5O. The maximum absolute atomic E-state index is 11.5. The number of carbonyl (C=O) groups is 1. The summed E-state index contributed by atoms with van der Waals surface area (Å²) in [6, 6.07) is 9.54. The van der Waals surface area contributed by atoms with Crippen LogP contribution in [0.15, 0.2) is 42.7 Å². The summed E-state index contributed by atoms with van der Waals surface area (Å²) in [5.41, 5.74) is 13.1. The van der Waals surface area contributed by atoms with Crippen LogP contribution in [0.1, 0.15) is 10.4 Å². The van der Waals surface area contributed by atoms with Crippen molar-refractivity contribution >= 4 is 22.8 Å². The number of benzene rings is 1. The van der Waals surface area contributed by atoms with Crippen LogP contribution in [0.4, 0.5) is 5.95 Å². The average molecular weight is 265 g/mol. The highest BCUT2D eigenvalue weighted by Crippen LogP contribution is 2.24. The number of carbonyl (C=O) groups excluding carboxylic acids is 1. The van der Waals surface area contributed by atoms with Gasteiger partial charge in [0, 0.05) is 23.3 Å². The van der Waals surface area contributed by atoms with Crippen molar-refractivity contribution in [2.24, 2.45) is 5.73 Å². The normalized spacial score (nSPS) is 10.6. The summed E-state index contributed by atoms with van der Waals surface area (Å²) < 4.78 is 0. The van der Waals surface area contributed by atoms with Crippen molar-refractivity contribution in [2.75, 3.05) is 5.73 Å². The smallest absolute Gasteiger partial charge is 0.252 e. The predicted molar refractivity (Wildman–Crippen MR) is 75.7 cm³/mol. The van der Waals surface area contributed by atoms with E-state index in [0.29, 0.717) is 11.3 Å². The molecule has 0 unspecified atom stereocenters. The van der Waals surface area contributed by atoms with Gasteiger partial charge in [-0.1, -0.05) is 18.2 Å². The Balaban J connectivity index is 2.24. The molecule has 0 saturated heterocycles. The molecular weight excluding hydrogens is 254 g/mol. The first-order valence-corrected chi connectivity index (χ1v) is 5.92. The largest absolute Gasteiger partial charge is 0.368 e. The number of para-hydroxylation sites is 1. The summed E-state index contributed by atoms with van der Waals surface area (Å²) >= 11 is 0. The summed E-state index contributed by atoms with van der Waals surface area (Å²) in [5, 5.41) is 0.942. The first kappa shape index (κ1) is 12.0. The van der Waals surface area contributed by atoms with E-state index in [2.05, 4.69) is 15.0 Å². The number of primary amides is 1. The molecule has 1 amide bonds. The van der Waals surface area contributed by atoms with Gasteiger partial charge >= 0.3 is 0 Å². The van der Waals surface area contributed by atoms with Crippen LogP contribution in [-0.4, -0.2) is 20.9 Å². The molecule has 0 aliphatic carbocycles. The lowest BCUT2D eigenvalue weighted by Crippen LogP contribution is -2.14. The Morgan fingerprint density at radius 3 is 2.70 bits per heavy atom. The Bertz CT molecular complexity index is 816. The number of nitrogen functional groups attached to an aromatic ring is 1.